The van der Waals surface area contributed by atoms with Crippen LogP contribution in [0.25, 0.3) is 0 Å². The minimum absolute atomic E-state index is 0.272. The first-order chi connectivity index (χ1) is 15.4. The van der Waals surface area contributed by atoms with Gasteiger partial charge in [0.15, 0.2) is 5.96 Å². The first-order valence-corrected chi connectivity index (χ1v) is 10.9. The Morgan fingerprint density at radius 1 is 0.969 bits per heavy atom. The van der Waals surface area contributed by atoms with Crippen LogP contribution in [0, 0.1) is 0 Å². The maximum atomic E-state index is 12.7. The highest BCUT2D eigenvalue weighted by molar-refractivity contribution is 5.79. The highest BCUT2D eigenvalue weighted by Gasteiger charge is 2.29. The molecule has 2 aromatic rings. The Hall–Kier alpha value is -2.58. The van der Waals surface area contributed by atoms with Gasteiger partial charge in [-0.3, -0.25) is 0 Å². The largest absolute Gasteiger partial charge is 0.416 e. The molecule has 8 heteroatoms. The molecule has 2 N–H and O–H groups in total. The third-order valence-electron chi connectivity index (χ3n) is 5.18. The molecule has 2 aromatic carbocycles. The molecule has 1 fully saturated rings. The molecule has 0 bridgehead atoms. The fourth-order valence-electron chi connectivity index (χ4n) is 3.31. The van der Waals surface area contributed by atoms with Crippen LogP contribution in [0.15, 0.2) is 53.5 Å². The number of alkyl halides is 3. The van der Waals surface area contributed by atoms with Gasteiger partial charge >= 0.3 is 6.18 Å². The fraction of sp³-hybridized carbons (Fsp3) is 0.458. The third kappa shape index (κ3) is 7.84. The van der Waals surface area contributed by atoms with Crippen molar-refractivity contribution in [1.29, 1.82) is 0 Å². The van der Waals surface area contributed by atoms with Gasteiger partial charge in [-0.1, -0.05) is 36.4 Å². The molecule has 1 saturated heterocycles. The molecule has 0 unspecified atom stereocenters. The van der Waals surface area contributed by atoms with E-state index < -0.39 is 11.7 Å². The van der Waals surface area contributed by atoms with Crippen molar-refractivity contribution < 1.29 is 22.6 Å². The van der Waals surface area contributed by atoms with Crippen molar-refractivity contribution in [2.45, 2.75) is 51.7 Å². The van der Waals surface area contributed by atoms with Crippen LogP contribution in [0.4, 0.5) is 13.2 Å². The second-order valence-electron chi connectivity index (χ2n) is 7.68. The van der Waals surface area contributed by atoms with E-state index in [2.05, 4.69) is 39.9 Å². The zero-order valence-corrected chi connectivity index (χ0v) is 18.3. The van der Waals surface area contributed by atoms with Crippen molar-refractivity contribution >= 4 is 5.96 Å². The molecule has 1 heterocycles. The number of ether oxygens (including phenoxy) is 2. The molecule has 0 spiro atoms. The van der Waals surface area contributed by atoms with Crippen molar-refractivity contribution in [3.05, 3.63) is 70.8 Å². The molecule has 0 saturated carbocycles. The molecule has 32 heavy (non-hydrogen) atoms. The summed E-state index contributed by atoms with van der Waals surface area (Å²) in [5, 5.41) is 6.42. The summed E-state index contributed by atoms with van der Waals surface area (Å²) in [6.07, 6.45) is -2.17. The molecule has 174 valence electrons. The van der Waals surface area contributed by atoms with E-state index in [4.69, 9.17) is 9.47 Å². The van der Waals surface area contributed by atoms with E-state index in [1.807, 2.05) is 6.92 Å². The van der Waals surface area contributed by atoms with Crippen LogP contribution in [-0.4, -0.2) is 31.8 Å². The predicted molar refractivity (Wildman–Crippen MR) is 118 cm³/mol. The molecule has 0 aliphatic carbocycles. The summed E-state index contributed by atoms with van der Waals surface area (Å²) in [5.74, 6) is 0.610. The standard InChI is InChI=1S/C24H30F3N3O2/c1-2-28-23(30-16-19-7-9-21(10-8-19)24(25,26)27)29-15-18-3-5-20(6-4-18)17-32-22-11-13-31-14-12-22/h3-10,22H,2,11-17H2,1H3,(H2,28,29,30). The van der Waals surface area contributed by atoms with Gasteiger partial charge in [0.25, 0.3) is 0 Å². The molecule has 0 aromatic heterocycles. The van der Waals surface area contributed by atoms with Gasteiger partial charge in [-0.15, -0.1) is 0 Å². The molecular weight excluding hydrogens is 419 g/mol. The van der Waals surface area contributed by atoms with E-state index >= 15 is 0 Å². The minimum atomic E-state index is -4.33. The summed E-state index contributed by atoms with van der Waals surface area (Å²) in [7, 11) is 0. The number of nitrogens with one attached hydrogen (secondary N) is 2. The van der Waals surface area contributed by atoms with Crippen molar-refractivity contribution in [3.8, 4) is 0 Å². The quantitative estimate of drug-likeness (QED) is 0.455. The highest BCUT2D eigenvalue weighted by Crippen LogP contribution is 2.29. The first-order valence-electron chi connectivity index (χ1n) is 10.9. The number of hydrogen-bond acceptors (Lipinski definition) is 3. The van der Waals surface area contributed by atoms with Gasteiger partial charge < -0.3 is 20.1 Å². The number of hydrogen-bond donors (Lipinski definition) is 2. The van der Waals surface area contributed by atoms with Crippen LogP contribution in [0.1, 0.15) is 42.0 Å². The van der Waals surface area contributed by atoms with Gasteiger partial charge in [-0.05, 0) is 48.6 Å². The Balaban J connectivity index is 1.49. The molecule has 1 aliphatic heterocycles. The number of benzene rings is 2. The molecule has 0 amide bonds. The highest BCUT2D eigenvalue weighted by atomic mass is 19.4. The average molecular weight is 450 g/mol. The average Bonchev–Trinajstić information content (AvgIpc) is 2.80. The van der Waals surface area contributed by atoms with Crippen LogP contribution < -0.4 is 10.6 Å². The van der Waals surface area contributed by atoms with Gasteiger partial charge in [-0.25, -0.2) is 4.99 Å². The van der Waals surface area contributed by atoms with Gasteiger partial charge in [0.05, 0.1) is 24.8 Å². The van der Waals surface area contributed by atoms with Crippen LogP contribution in [0.5, 0.6) is 0 Å². The number of halogens is 3. The van der Waals surface area contributed by atoms with Gasteiger partial charge in [0, 0.05) is 26.3 Å². The van der Waals surface area contributed by atoms with Crippen LogP contribution in [0.2, 0.25) is 0 Å². The van der Waals surface area contributed by atoms with E-state index in [0.717, 1.165) is 49.3 Å². The zero-order chi connectivity index (χ0) is 22.8. The van der Waals surface area contributed by atoms with Crippen LogP contribution in [-0.2, 0) is 35.3 Å². The summed E-state index contributed by atoms with van der Waals surface area (Å²) in [5.41, 5.74) is 2.28. The lowest BCUT2D eigenvalue weighted by molar-refractivity contribution is -0.137. The minimum Gasteiger partial charge on any atom is -0.381 e. The molecular formula is C24H30F3N3O2. The summed E-state index contributed by atoms with van der Waals surface area (Å²) < 4.78 is 49.4. The second kappa shape index (κ2) is 11.9. The molecule has 5 nitrogen and oxygen atoms in total. The van der Waals surface area contributed by atoms with Crippen LogP contribution in [0.3, 0.4) is 0 Å². The van der Waals surface area contributed by atoms with Gasteiger partial charge in [0.1, 0.15) is 0 Å². The lowest BCUT2D eigenvalue weighted by Crippen LogP contribution is -2.36. The summed E-state index contributed by atoms with van der Waals surface area (Å²) in [4.78, 5) is 4.47. The lowest BCUT2D eigenvalue weighted by atomic mass is 10.1. The smallest absolute Gasteiger partial charge is 0.381 e. The maximum absolute atomic E-state index is 12.7. The van der Waals surface area contributed by atoms with Crippen molar-refractivity contribution in [3.63, 3.8) is 0 Å². The topological polar surface area (TPSA) is 54.9 Å². The number of rotatable bonds is 8. The summed E-state index contributed by atoms with van der Waals surface area (Å²) >= 11 is 0. The number of aliphatic imine (C=N–C) groups is 1. The molecule has 1 aliphatic rings. The van der Waals surface area contributed by atoms with Crippen molar-refractivity contribution in [2.75, 3.05) is 19.8 Å². The summed E-state index contributed by atoms with van der Waals surface area (Å²) in [6, 6.07) is 13.3. The third-order valence-corrected chi connectivity index (χ3v) is 5.18. The maximum Gasteiger partial charge on any atom is 0.416 e. The zero-order valence-electron chi connectivity index (χ0n) is 18.3. The van der Waals surface area contributed by atoms with Crippen LogP contribution >= 0.6 is 0 Å². The van der Waals surface area contributed by atoms with Crippen molar-refractivity contribution in [1.82, 2.24) is 10.6 Å². The monoisotopic (exact) mass is 449 g/mol. The molecule has 0 radical (unpaired) electrons. The normalized spacial score (nSPS) is 15.6. The van der Waals surface area contributed by atoms with Gasteiger partial charge in [0.2, 0.25) is 0 Å². The van der Waals surface area contributed by atoms with Gasteiger partial charge in [-0.2, -0.15) is 13.2 Å². The van der Waals surface area contributed by atoms with E-state index in [9.17, 15) is 13.2 Å². The first kappa shape index (κ1) is 24.1. The summed E-state index contributed by atoms with van der Waals surface area (Å²) in [6.45, 7) is 5.64. The van der Waals surface area contributed by atoms with E-state index in [1.54, 1.807) is 0 Å². The predicted octanol–water partition coefficient (Wildman–Crippen LogP) is 4.66. The number of guanidine groups is 1. The Bertz CT molecular complexity index is 846. The van der Waals surface area contributed by atoms with E-state index in [1.165, 1.54) is 12.1 Å². The Kier molecular flexibility index (Phi) is 8.93. The SMILES string of the molecule is CCNC(=NCc1ccc(C(F)(F)F)cc1)NCc1ccc(COC2CCOCC2)cc1. The lowest BCUT2D eigenvalue weighted by Gasteiger charge is -2.22. The molecule has 3 rings (SSSR count). The molecule has 0 atom stereocenters. The van der Waals surface area contributed by atoms with E-state index in [0.29, 0.717) is 31.2 Å². The Labute approximate surface area is 187 Å². The van der Waals surface area contributed by atoms with Crippen molar-refractivity contribution in [2.24, 2.45) is 4.99 Å². The Morgan fingerprint density at radius 2 is 1.59 bits per heavy atom. The van der Waals surface area contributed by atoms with E-state index in [-0.39, 0.29) is 12.6 Å². The second-order valence-corrected chi connectivity index (χ2v) is 7.68. The number of nitrogens with zero attached hydrogens (tertiary/aromatic N) is 1. The Morgan fingerprint density at radius 3 is 2.22 bits per heavy atom. The fourth-order valence-corrected chi connectivity index (χ4v) is 3.31.